The first-order valence-corrected chi connectivity index (χ1v) is 7.14. The summed E-state index contributed by atoms with van der Waals surface area (Å²) in [5.74, 6) is 0.896. The van der Waals surface area contributed by atoms with Crippen LogP contribution in [0.2, 0.25) is 0 Å². The van der Waals surface area contributed by atoms with Crippen molar-refractivity contribution >= 4 is 23.3 Å². The second kappa shape index (κ2) is 7.34. The molecule has 3 rings (SSSR count). The van der Waals surface area contributed by atoms with E-state index in [0.29, 0.717) is 0 Å². The van der Waals surface area contributed by atoms with Crippen molar-refractivity contribution in [2.75, 3.05) is 7.11 Å². The molecule has 0 radical (unpaired) electrons. The van der Waals surface area contributed by atoms with Crippen molar-refractivity contribution in [1.82, 2.24) is 9.88 Å². The molecule has 0 saturated heterocycles. The summed E-state index contributed by atoms with van der Waals surface area (Å²) in [7, 11) is 3.78. The Morgan fingerprint density at radius 3 is 2.45 bits per heavy atom. The maximum Gasteiger partial charge on any atom is 0.118 e. The van der Waals surface area contributed by atoms with Crippen LogP contribution in [0.15, 0.2) is 54.7 Å². The van der Waals surface area contributed by atoms with Gasteiger partial charge in [-0.2, -0.15) is 0 Å². The summed E-state index contributed by atoms with van der Waals surface area (Å²) in [4.78, 5) is 0. The summed E-state index contributed by atoms with van der Waals surface area (Å²) >= 11 is 0. The number of fused-ring (bicyclic) bond motifs is 1. The molecule has 0 amide bonds. The predicted octanol–water partition coefficient (Wildman–Crippen LogP) is 3.90. The SMILES string of the molecule is COc1ccc(CNCc2cn(C)c3ccccc23)cc1.Cl. The Kier molecular flexibility index (Phi) is 5.47. The zero-order chi connectivity index (χ0) is 14.7. The fourth-order valence-electron chi connectivity index (χ4n) is 2.65. The Morgan fingerprint density at radius 1 is 1.00 bits per heavy atom. The van der Waals surface area contributed by atoms with Gasteiger partial charge in [-0.15, -0.1) is 12.4 Å². The molecule has 0 saturated carbocycles. The molecule has 0 aliphatic carbocycles. The highest BCUT2D eigenvalue weighted by Crippen LogP contribution is 2.20. The Labute approximate surface area is 137 Å². The molecule has 0 spiro atoms. The topological polar surface area (TPSA) is 26.2 Å². The maximum absolute atomic E-state index is 5.17. The maximum atomic E-state index is 5.17. The molecule has 3 aromatic rings. The summed E-state index contributed by atoms with van der Waals surface area (Å²) in [6, 6.07) is 16.7. The van der Waals surface area contributed by atoms with E-state index in [1.807, 2.05) is 12.1 Å². The third-order valence-electron chi connectivity index (χ3n) is 3.78. The number of nitrogens with one attached hydrogen (secondary N) is 1. The summed E-state index contributed by atoms with van der Waals surface area (Å²) in [5.41, 5.74) is 3.87. The molecule has 4 heteroatoms. The highest BCUT2D eigenvalue weighted by atomic mass is 35.5. The van der Waals surface area contributed by atoms with Crippen LogP contribution in [0, 0.1) is 0 Å². The number of para-hydroxylation sites is 1. The zero-order valence-electron chi connectivity index (χ0n) is 12.9. The standard InChI is InChI=1S/C18H20N2O.ClH/c1-20-13-15(17-5-3-4-6-18(17)20)12-19-11-14-7-9-16(21-2)10-8-14;/h3-10,13,19H,11-12H2,1-2H3;1H. The zero-order valence-corrected chi connectivity index (χ0v) is 13.7. The van der Waals surface area contributed by atoms with Crippen LogP contribution < -0.4 is 10.1 Å². The fourth-order valence-corrected chi connectivity index (χ4v) is 2.65. The number of halogens is 1. The molecule has 22 heavy (non-hydrogen) atoms. The van der Waals surface area contributed by atoms with Gasteiger partial charge in [0.05, 0.1) is 7.11 Å². The van der Waals surface area contributed by atoms with E-state index in [9.17, 15) is 0 Å². The van der Waals surface area contributed by atoms with Gasteiger partial charge in [-0.3, -0.25) is 0 Å². The van der Waals surface area contributed by atoms with Crippen molar-refractivity contribution in [2.45, 2.75) is 13.1 Å². The van der Waals surface area contributed by atoms with Crippen molar-refractivity contribution in [3.8, 4) is 5.75 Å². The Bertz CT molecular complexity index is 734. The Morgan fingerprint density at radius 2 is 1.73 bits per heavy atom. The highest BCUT2D eigenvalue weighted by molar-refractivity contribution is 5.85. The molecule has 2 aromatic carbocycles. The second-order valence-corrected chi connectivity index (χ2v) is 5.23. The van der Waals surface area contributed by atoms with Gasteiger partial charge in [-0.25, -0.2) is 0 Å². The number of methoxy groups -OCH3 is 1. The van der Waals surface area contributed by atoms with Crippen LogP contribution in [0.4, 0.5) is 0 Å². The lowest BCUT2D eigenvalue weighted by Crippen LogP contribution is -2.12. The van der Waals surface area contributed by atoms with Crippen molar-refractivity contribution in [3.05, 3.63) is 65.9 Å². The number of rotatable bonds is 5. The number of aromatic nitrogens is 1. The monoisotopic (exact) mass is 316 g/mol. The van der Waals surface area contributed by atoms with Gasteiger partial charge in [-0.1, -0.05) is 30.3 Å². The third-order valence-corrected chi connectivity index (χ3v) is 3.78. The average molecular weight is 317 g/mol. The molecule has 116 valence electrons. The summed E-state index contributed by atoms with van der Waals surface area (Å²) in [6.45, 7) is 1.72. The molecule has 3 nitrogen and oxygen atoms in total. The quantitative estimate of drug-likeness (QED) is 0.772. The molecular formula is C18H21ClN2O. The van der Waals surface area contributed by atoms with Gasteiger partial charge in [0.25, 0.3) is 0 Å². The van der Waals surface area contributed by atoms with Gasteiger partial charge in [0, 0.05) is 37.2 Å². The van der Waals surface area contributed by atoms with Gasteiger partial charge in [0.15, 0.2) is 0 Å². The molecule has 0 atom stereocenters. The highest BCUT2D eigenvalue weighted by Gasteiger charge is 2.05. The minimum atomic E-state index is 0. The van der Waals surface area contributed by atoms with Crippen LogP contribution in [0.1, 0.15) is 11.1 Å². The smallest absolute Gasteiger partial charge is 0.118 e. The van der Waals surface area contributed by atoms with Crippen molar-refractivity contribution in [1.29, 1.82) is 0 Å². The van der Waals surface area contributed by atoms with Gasteiger partial charge in [0.2, 0.25) is 0 Å². The van der Waals surface area contributed by atoms with E-state index in [0.717, 1.165) is 18.8 Å². The first-order valence-electron chi connectivity index (χ1n) is 7.14. The molecule has 1 aromatic heterocycles. The summed E-state index contributed by atoms with van der Waals surface area (Å²) < 4.78 is 7.35. The Balaban J connectivity index is 0.00000176. The minimum Gasteiger partial charge on any atom is -0.497 e. The van der Waals surface area contributed by atoms with Gasteiger partial charge >= 0.3 is 0 Å². The van der Waals surface area contributed by atoms with E-state index in [-0.39, 0.29) is 12.4 Å². The first kappa shape index (κ1) is 16.4. The number of hydrogen-bond donors (Lipinski definition) is 1. The number of nitrogens with zero attached hydrogens (tertiary/aromatic N) is 1. The lowest BCUT2D eigenvalue weighted by molar-refractivity contribution is 0.414. The van der Waals surface area contributed by atoms with E-state index in [1.54, 1.807) is 7.11 Å². The molecule has 0 aliphatic heterocycles. The molecule has 0 unspecified atom stereocenters. The summed E-state index contributed by atoms with van der Waals surface area (Å²) in [6.07, 6.45) is 2.20. The average Bonchev–Trinajstić information content (AvgIpc) is 2.85. The van der Waals surface area contributed by atoms with Crippen LogP contribution in [0.3, 0.4) is 0 Å². The third kappa shape index (κ3) is 3.43. The first-order chi connectivity index (χ1) is 10.3. The number of ether oxygens (including phenoxy) is 1. The van der Waals surface area contributed by atoms with Crippen LogP contribution in [-0.2, 0) is 20.1 Å². The fraction of sp³-hybridized carbons (Fsp3) is 0.222. The molecular weight excluding hydrogens is 296 g/mol. The van der Waals surface area contributed by atoms with E-state index < -0.39 is 0 Å². The van der Waals surface area contributed by atoms with Crippen LogP contribution >= 0.6 is 12.4 Å². The lowest BCUT2D eigenvalue weighted by atomic mass is 10.1. The van der Waals surface area contributed by atoms with Gasteiger partial charge in [-0.05, 0) is 29.3 Å². The van der Waals surface area contributed by atoms with Crippen LogP contribution in [0.5, 0.6) is 5.75 Å². The summed E-state index contributed by atoms with van der Waals surface area (Å²) in [5, 5.41) is 4.83. The molecule has 1 N–H and O–H groups in total. The molecule has 0 bridgehead atoms. The minimum absolute atomic E-state index is 0. The molecule has 0 fully saturated rings. The van der Waals surface area contributed by atoms with Crippen molar-refractivity contribution in [3.63, 3.8) is 0 Å². The second-order valence-electron chi connectivity index (χ2n) is 5.23. The number of benzene rings is 2. The lowest BCUT2D eigenvalue weighted by Gasteiger charge is -2.05. The van der Waals surface area contributed by atoms with Crippen molar-refractivity contribution in [2.24, 2.45) is 7.05 Å². The normalized spacial score (nSPS) is 10.5. The van der Waals surface area contributed by atoms with E-state index >= 15 is 0 Å². The molecule has 1 heterocycles. The van der Waals surface area contributed by atoms with E-state index in [2.05, 4.69) is 59.5 Å². The largest absolute Gasteiger partial charge is 0.497 e. The van der Waals surface area contributed by atoms with E-state index in [1.165, 1.54) is 22.0 Å². The number of aryl methyl sites for hydroxylation is 1. The van der Waals surface area contributed by atoms with Crippen molar-refractivity contribution < 1.29 is 4.74 Å². The van der Waals surface area contributed by atoms with Crippen LogP contribution in [0.25, 0.3) is 10.9 Å². The van der Waals surface area contributed by atoms with Gasteiger partial charge < -0.3 is 14.6 Å². The van der Waals surface area contributed by atoms with Crippen LogP contribution in [-0.4, -0.2) is 11.7 Å². The predicted molar refractivity (Wildman–Crippen MR) is 93.7 cm³/mol. The van der Waals surface area contributed by atoms with E-state index in [4.69, 9.17) is 4.74 Å². The molecule has 0 aliphatic rings. The number of hydrogen-bond acceptors (Lipinski definition) is 2. The Hall–Kier alpha value is -1.97. The van der Waals surface area contributed by atoms with Gasteiger partial charge in [0.1, 0.15) is 5.75 Å².